The minimum absolute atomic E-state index is 0.252. The highest BCUT2D eigenvalue weighted by Crippen LogP contribution is 2.26. The van der Waals surface area contributed by atoms with Crippen molar-refractivity contribution in [1.29, 1.82) is 0 Å². The maximum Gasteiger partial charge on any atom is 0.232 e. The smallest absolute Gasteiger partial charge is 0.232 e. The van der Waals surface area contributed by atoms with Crippen molar-refractivity contribution < 1.29 is 4.42 Å². The number of nitrogens with zero attached hydrogens (tertiary/aromatic N) is 2. The highest BCUT2D eigenvalue weighted by Gasteiger charge is 2.07. The van der Waals surface area contributed by atoms with E-state index in [-0.39, 0.29) is 5.95 Å². The topological polar surface area (TPSA) is 64.9 Å². The van der Waals surface area contributed by atoms with Gasteiger partial charge in [-0.1, -0.05) is 0 Å². The summed E-state index contributed by atoms with van der Waals surface area (Å²) < 4.78 is 8.91. The molecule has 0 radical (unpaired) electrons. The molecule has 0 aliphatic heterocycles. The van der Waals surface area contributed by atoms with Gasteiger partial charge in [0.25, 0.3) is 0 Å². The zero-order valence-electron chi connectivity index (χ0n) is 5.82. The van der Waals surface area contributed by atoms with E-state index in [1.165, 1.54) is 11.5 Å². The van der Waals surface area contributed by atoms with Crippen LogP contribution in [0.15, 0.2) is 16.5 Å². The average molecular weight is 202 g/mol. The fourth-order valence-electron chi connectivity index (χ4n) is 0.764. The van der Waals surface area contributed by atoms with Crippen LogP contribution in [0.25, 0.3) is 10.8 Å². The Labute approximate surface area is 77.1 Å². The summed E-state index contributed by atoms with van der Waals surface area (Å²) in [6, 6.07) is 3.37. The highest BCUT2D eigenvalue weighted by molar-refractivity contribution is 7.09. The van der Waals surface area contributed by atoms with Gasteiger partial charge in [-0.25, -0.2) is 0 Å². The number of nitrogens with two attached hydrogens (primary N) is 1. The number of anilines is 1. The van der Waals surface area contributed by atoms with Gasteiger partial charge in [-0.2, -0.15) is 9.36 Å². The molecule has 0 spiro atoms. The van der Waals surface area contributed by atoms with Gasteiger partial charge in [0, 0.05) is 0 Å². The normalized spacial score (nSPS) is 10.4. The van der Waals surface area contributed by atoms with Crippen molar-refractivity contribution in [2.24, 2.45) is 0 Å². The lowest BCUT2D eigenvalue weighted by Crippen LogP contribution is -1.84. The van der Waals surface area contributed by atoms with Crippen LogP contribution in [0.5, 0.6) is 0 Å². The molecule has 0 bridgehead atoms. The first-order chi connectivity index (χ1) is 5.75. The summed E-state index contributed by atoms with van der Waals surface area (Å²) >= 11 is 6.75. The summed E-state index contributed by atoms with van der Waals surface area (Å²) in [5.41, 5.74) is 5.34. The van der Waals surface area contributed by atoms with Gasteiger partial charge in [-0.15, -0.1) is 0 Å². The summed E-state index contributed by atoms with van der Waals surface area (Å²) in [5.74, 6) is 0.844. The van der Waals surface area contributed by atoms with Crippen LogP contribution < -0.4 is 5.73 Å². The third kappa shape index (κ3) is 1.28. The third-order valence-corrected chi connectivity index (χ3v) is 2.17. The molecule has 4 nitrogen and oxygen atoms in total. The van der Waals surface area contributed by atoms with Gasteiger partial charge in [0.1, 0.15) is 0 Å². The van der Waals surface area contributed by atoms with E-state index in [1.54, 1.807) is 12.1 Å². The van der Waals surface area contributed by atoms with Crippen molar-refractivity contribution in [2.75, 3.05) is 5.73 Å². The van der Waals surface area contributed by atoms with Crippen molar-refractivity contribution in [3.05, 3.63) is 17.4 Å². The Balaban J connectivity index is 2.43. The molecule has 0 aliphatic rings. The maximum absolute atomic E-state index is 5.58. The van der Waals surface area contributed by atoms with E-state index >= 15 is 0 Å². The van der Waals surface area contributed by atoms with Gasteiger partial charge in [0.2, 0.25) is 5.95 Å². The first-order valence-corrected chi connectivity index (χ1v) is 4.26. The summed E-state index contributed by atoms with van der Waals surface area (Å²) in [6.45, 7) is 0. The van der Waals surface area contributed by atoms with Gasteiger partial charge in [0.05, 0.1) is 0 Å². The summed E-state index contributed by atoms with van der Waals surface area (Å²) in [5, 5.41) is 0.971. The van der Waals surface area contributed by atoms with Crippen molar-refractivity contribution in [3.63, 3.8) is 0 Å². The predicted molar refractivity (Wildman–Crippen MR) is 47.0 cm³/mol. The fourth-order valence-corrected chi connectivity index (χ4v) is 1.47. The Kier molecular flexibility index (Phi) is 1.74. The fraction of sp³-hybridized carbons (Fsp3) is 0. The maximum atomic E-state index is 5.58. The number of aromatic nitrogens is 2. The molecule has 2 heterocycles. The monoisotopic (exact) mass is 201 g/mol. The summed E-state index contributed by atoms with van der Waals surface area (Å²) in [4.78, 5) is 3.93. The summed E-state index contributed by atoms with van der Waals surface area (Å²) in [7, 11) is 0. The molecule has 2 aromatic rings. The number of nitrogen functional groups attached to an aromatic ring is 1. The molecule has 6 heteroatoms. The van der Waals surface area contributed by atoms with E-state index in [2.05, 4.69) is 9.36 Å². The van der Waals surface area contributed by atoms with Crippen molar-refractivity contribution >= 4 is 29.1 Å². The molecule has 62 valence electrons. The van der Waals surface area contributed by atoms with Gasteiger partial charge >= 0.3 is 0 Å². The second-order valence-corrected chi connectivity index (χ2v) is 3.19. The molecule has 0 fully saturated rings. The first kappa shape index (κ1) is 7.57. The van der Waals surface area contributed by atoms with Crippen LogP contribution in [0.4, 0.5) is 5.95 Å². The lowest BCUT2D eigenvalue weighted by atomic mass is 10.5. The van der Waals surface area contributed by atoms with Crippen molar-refractivity contribution in [1.82, 2.24) is 9.36 Å². The molecular formula is C6H4ClN3OS. The quantitative estimate of drug-likeness (QED) is 0.767. The molecule has 2 aromatic heterocycles. The van der Waals surface area contributed by atoms with Crippen LogP contribution in [0.3, 0.4) is 0 Å². The molecule has 0 unspecified atom stereocenters. The average Bonchev–Trinajstić information content (AvgIpc) is 2.58. The third-order valence-electron chi connectivity index (χ3n) is 1.23. The zero-order chi connectivity index (χ0) is 8.55. The Hall–Kier alpha value is -1.07. The molecular weight excluding hydrogens is 198 g/mol. The van der Waals surface area contributed by atoms with E-state index in [0.717, 1.165) is 0 Å². The number of halogens is 1. The van der Waals surface area contributed by atoms with Gasteiger partial charge < -0.3 is 10.2 Å². The van der Waals surface area contributed by atoms with Crippen LogP contribution in [0.1, 0.15) is 0 Å². The van der Waals surface area contributed by atoms with Gasteiger partial charge in [-0.05, 0) is 35.3 Å². The summed E-state index contributed by atoms with van der Waals surface area (Å²) in [6.07, 6.45) is 0. The molecule has 0 amide bonds. The largest absolute Gasteiger partial charge is 0.442 e. The van der Waals surface area contributed by atoms with E-state index in [9.17, 15) is 0 Å². The van der Waals surface area contributed by atoms with E-state index in [1.807, 2.05) is 0 Å². The van der Waals surface area contributed by atoms with Crippen LogP contribution in [-0.2, 0) is 0 Å². The lowest BCUT2D eigenvalue weighted by Gasteiger charge is -1.84. The Bertz CT molecular complexity index is 359. The molecule has 0 atom stereocenters. The Morgan fingerprint density at radius 1 is 1.50 bits per heavy atom. The zero-order valence-corrected chi connectivity index (χ0v) is 7.39. The second kappa shape index (κ2) is 2.76. The van der Waals surface area contributed by atoms with Crippen LogP contribution in [0, 0.1) is 0 Å². The van der Waals surface area contributed by atoms with Crippen molar-refractivity contribution in [3.8, 4) is 10.8 Å². The lowest BCUT2D eigenvalue weighted by molar-refractivity contribution is 0.584. The molecule has 0 aliphatic carbocycles. The molecule has 0 saturated heterocycles. The minimum Gasteiger partial charge on any atom is -0.442 e. The van der Waals surface area contributed by atoms with Gasteiger partial charge in [-0.3, -0.25) is 0 Å². The van der Waals surface area contributed by atoms with Crippen LogP contribution >= 0.6 is 23.1 Å². The Morgan fingerprint density at radius 2 is 2.33 bits per heavy atom. The molecule has 0 saturated carbocycles. The highest BCUT2D eigenvalue weighted by atomic mass is 35.5. The SMILES string of the molecule is Nc1nsc(-c2ccc(Cl)o2)n1. The number of rotatable bonds is 1. The molecule has 2 N–H and O–H groups in total. The Morgan fingerprint density at radius 3 is 2.83 bits per heavy atom. The number of hydrogen-bond acceptors (Lipinski definition) is 5. The second-order valence-electron chi connectivity index (χ2n) is 2.06. The molecule has 12 heavy (non-hydrogen) atoms. The predicted octanol–water partition coefficient (Wildman–Crippen LogP) is 2.03. The van der Waals surface area contributed by atoms with Crippen LogP contribution in [0.2, 0.25) is 5.22 Å². The number of furan rings is 1. The first-order valence-electron chi connectivity index (χ1n) is 3.10. The minimum atomic E-state index is 0.252. The van der Waals surface area contributed by atoms with E-state index in [4.69, 9.17) is 21.8 Å². The standard InChI is InChI=1S/C6H4ClN3OS/c7-4-2-1-3(11-4)5-9-6(8)10-12-5/h1-2H,(H2,8,10). The van der Waals surface area contributed by atoms with E-state index in [0.29, 0.717) is 16.0 Å². The van der Waals surface area contributed by atoms with E-state index < -0.39 is 0 Å². The molecule has 2 rings (SSSR count). The van der Waals surface area contributed by atoms with Crippen molar-refractivity contribution in [2.45, 2.75) is 0 Å². The number of hydrogen-bond donors (Lipinski definition) is 1. The van der Waals surface area contributed by atoms with Crippen LogP contribution in [-0.4, -0.2) is 9.36 Å². The molecule has 0 aromatic carbocycles. The van der Waals surface area contributed by atoms with Gasteiger partial charge in [0.15, 0.2) is 16.0 Å².